The molecule has 2 rings (SSSR count). The highest BCUT2D eigenvalue weighted by molar-refractivity contribution is 6.32. The van der Waals surface area contributed by atoms with Gasteiger partial charge in [-0.15, -0.1) is 0 Å². The van der Waals surface area contributed by atoms with E-state index in [1.165, 1.54) is 0 Å². The van der Waals surface area contributed by atoms with Crippen LogP contribution in [0.25, 0.3) is 5.52 Å². The highest BCUT2D eigenvalue weighted by atomic mass is 35.5. The summed E-state index contributed by atoms with van der Waals surface area (Å²) < 4.78 is 1.80. The van der Waals surface area contributed by atoms with Gasteiger partial charge in [0, 0.05) is 11.8 Å². The van der Waals surface area contributed by atoms with Gasteiger partial charge in [-0.25, -0.2) is 4.98 Å². The molecule has 0 unspecified atom stereocenters. The van der Waals surface area contributed by atoms with Crippen molar-refractivity contribution in [3.8, 4) is 0 Å². The highest BCUT2D eigenvalue weighted by Crippen LogP contribution is 2.17. The van der Waals surface area contributed by atoms with Crippen molar-refractivity contribution in [3.63, 3.8) is 0 Å². The van der Waals surface area contributed by atoms with E-state index in [-0.39, 0.29) is 0 Å². The maximum Gasteiger partial charge on any atom is 0.155 e. The fraction of sp³-hybridized carbons (Fsp3) is 0.111. The van der Waals surface area contributed by atoms with E-state index in [2.05, 4.69) is 4.98 Å². The van der Waals surface area contributed by atoms with E-state index in [0.717, 1.165) is 17.6 Å². The van der Waals surface area contributed by atoms with Crippen molar-refractivity contribution >= 4 is 23.4 Å². The van der Waals surface area contributed by atoms with E-state index in [1.54, 1.807) is 22.7 Å². The van der Waals surface area contributed by atoms with E-state index in [1.807, 2.05) is 6.92 Å². The third-order valence-corrected chi connectivity index (χ3v) is 2.21. The molecule has 0 aliphatic carbocycles. The number of rotatable bonds is 1. The number of hydrogen-bond acceptors (Lipinski definition) is 2. The summed E-state index contributed by atoms with van der Waals surface area (Å²) in [7, 11) is 0. The fourth-order valence-electron chi connectivity index (χ4n) is 1.28. The van der Waals surface area contributed by atoms with Crippen LogP contribution in [0.15, 0.2) is 18.3 Å². The number of aromatic nitrogens is 2. The van der Waals surface area contributed by atoms with Gasteiger partial charge >= 0.3 is 0 Å². The molecule has 0 radical (unpaired) electrons. The molecule has 2 heterocycles. The predicted octanol–water partition coefficient (Wildman–Crippen LogP) is 2.11. The summed E-state index contributed by atoms with van der Waals surface area (Å²) in [6.07, 6.45) is 2.52. The Morgan fingerprint density at radius 3 is 3.00 bits per heavy atom. The molecule has 0 fully saturated rings. The van der Waals surface area contributed by atoms with Gasteiger partial charge in [0.1, 0.15) is 5.82 Å². The molecule has 0 saturated carbocycles. The second-order valence-electron chi connectivity index (χ2n) is 2.79. The van der Waals surface area contributed by atoms with Crippen LogP contribution in [0, 0.1) is 6.92 Å². The van der Waals surface area contributed by atoms with Gasteiger partial charge in [-0.3, -0.25) is 4.79 Å². The van der Waals surface area contributed by atoms with E-state index >= 15 is 0 Å². The summed E-state index contributed by atoms with van der Waals surface area (Å²) in [5.41, 5.74) is 1.44. The van der Waals surface area contributed by atoms with Gasteiger partial charge in [0.2, 0.25) is 0 Å². The minimum atomic E-state index is 0.468. The second-order valence-corrected chi connectivity index (χ2v) is 3.14. The van der Waals surface area contributed by atoms with Crippen LogP contribution < -0.4 is 0 Å². The molecule has 0 aliphatic heterocycles. The van der Waals surface area contributed by atoms with E-state index in [0.29, 0.717) is 10.7 Å². The standard InChI is InChI=1S/C9H7ClN2O/c1-6-11-9(10)8-3-2-7(5-13)4-12(6)8/h2-5H,1H3. The first-order valence-corrected chi connectivity index (χ1v) is 4.19. The third kappa shape index (κ3) is 1.21. The molecule has 0 bridgehead atoms. The lowest BCUT2D eigenvalue weighted by molar-refractivity contribution is 0.112. The molecular formula is C9H7ClN2O. The van der Waals surface area contributed by atoms with Gasteiger partial charge in [0.05, 0.1) is 5.52 Å². The lowest BCUT2D eigenvalue weighted by Gasteiger charge is -1.96. The Kier molecular flexibility index (Phi) is 1.81. The number of carbonyl (C=O) groups excluding carboxylic acids is 1. The Labute approximate surface area is 80.0 Å². The summed E-state index contributed by atoms with van der Waals surface area (Å²) >= 11 is 5.85. The summed E-state index contributed by atoms with van der Waals surface area (Å²) in [6, 6.07) is 3.50. The van der Waals surface area contributed by atoms with E-state index < -0.39 is 0 Å². The van der Waals surface area contributed by atoms with Crippen molar-refractivity contribution in [3.05, 3.63) is 34.9 Å². The predicted molar refractivity (Wildman–Crippen MR) is 50.3 cm³/mol. The van der Waals surface area contributed by atoms with Crippen LogP contribution in [0.2, 0.25) is 5.15 Å². The molecule has 0 atom stereocenters. The van der Waals surface area contributed by atoms with Gasteiger partial charge in [-0.2, -0.15) is 0 Å². The Balaban J connectivity index is 2.83. The summed E-state index contributed by atoms with van der Waals surface area (Å²) in [6.45, 7) is 1.84. The number of aldehydes is 1. The Morgan fingerprint density at radius 2 is 2.31 bits per heavy atom. The second kappa shape index (κ2) is 2.85. The number of hydrogen-bond donors (Lipinski definition) is 0. The number of halogens is 1. The van der Waals surface area contributed by atoms with Crippen LogP contribution in [0.1, 0.15) is 16.2 Å². The third-order valence-electron chi connectivity index (χ3n) is 1.93. The van der Waals surface area contributed by atoms with Gasteiger partial charge in [-0.05, 0) is 19.1 Å². The lowest BCUT2D eigenvalue weighted by Crippen LogP contribution is -1.90. The fourth-order valence-corrected chi connectivity index (χ4v) is 1.55. The van der Waals surface area contributed by atoms with Crippen LogP contribution in [0.4, 0.5) is 0 Å². The van der Waals surface area contributed by atoms with Crippen molar-refractivity contribution < 1.29 is 4.79 Å². The van der Waals surface area contributed by atoms with Gasteiger partial charge in [-0.1, -0.05) is 11.6 Å². The van der Waals surface area contributed by atoms with Crippen LogP contribution in [0.3, 0.4) is 0 Å². The summed E-state index contributed by atoms with van der Waals surface area (Å²) in [5, 5.41) is 0.468. The molecule has 2 aromatic heterocycles. The van der Waals surface area contributed by atoms with Gasteiger partial charge < -0.3 is 4.40 Å². The first kappa shape index (κ1) is 8.26. The van der Waals surface area contributed by atoms with Crippen LogP contribution in [-0.2, 0) is 0 Å². The Morgan fingerprint density at radius 1 is 1.54 bits per heavy atom. The van der Waals surface area contributed by atoms with E-state index in [4.69, 9.17) is 11.6 Å². The molecule has 0 spiro atoms. The van der Waals surface area contributed by atoms with Crippen molar-refractivity contribution in [1.29, 1.82) is 0 Å². The van der Waals surface area contributed by atoms with Crippen molar-refractivity contribution in [2.45, 2.75) is 6.92 Å². The maximum absolute atomic E-state index is 10.5. The zero-order chi connectivity index (χ0) is 9.42. The monoisotopic (exact) mass is 194 g/mol. The van der Waals surface area contributed by atoms with Crippen LogP contribution in [0.5, 0.6) is 0 Å². The zero-order valence-electron chi connectivity index (χ0n) is 6.99. The number of pyridine rings is 1. The quantitative estimate of drug-likeness (QED) is 0.652. The van der Waals surface area contributed by atoms with E-state index in [9.17, 15) is 4.79 Å². The van der Waals surface area contributed by atoms with Gasteiger partial charge in [0.15, 0.2) is 11.4 Å². The summed E-state index contributed by atoms with van der Waals surface area (Å²) in [4.78, 5) is 14.6. The zero-order valence-corrected chi connectivity index (χ0v) is 7.75. The first-order valence-electron chi connectivity index (χ1n) is 3.82. The molecule has 0 aromatic carbocycles. The average Bonchev–Trinajstić information content (AvgIpc) is 2.42. The van der Waals surface area contributed by atoms with Crippen molar-refractivity contribution in [2.24, 2.45) is 0 Å². The minimum Gasteiger partial charge on any atom is -0.302 e. The number of fused-ring (bicyclic) bond motifs is 1. The maximum atomic E-state index is 10.5. The minimum absolute atomic E-state index is 0.468. The topological polar surface area (TPSA) is 34.4 Å². The lowest BCUT2D eigenvalue weighted by atomic mass is 10.3. The normalized spacial score (nSPS) is 10.6. The molecule has 13 heavy (non-hydrogen) atoms. The first-order chi connectivity index (χ1) is 6.22. The average molecular weight is 195 g/mol. The number of carbonyl (C=O) groups is 1. The molecule has 4 heteroatoms. The number of aryl methyl sites for hydroxylation is 1. The van der Waals surface area contributed by atoms with Crippen molar-refractivity contribution in [1.82, 2.24) is 9.38 Å². The molecular weight excluding hydrogens is 188 g/mol. The van der Waals surface area contributed by atoms with Gasteiger partial charge in [0.25, 0.3) is 0 Å². The molecule has 66 valence electrons. The number of nitrogens with zero attached hydrogens (tertiary/aromatic N) is 2. The molecule has 0 N–H and O–H groups in total. The SMILES string of the molecule is Cc1nc(Cl)c2ccc(C=O)cn12. The molecule has 0 saturated heterocycles. The van der Waals surface area contributed by atoms with Crippen LogP contribution >= 0.6 is 11.6 Å². The molecule has 0 amide bonds. The largest absolute Gasteiger partial charge is 0.302 e. The molecule has 0 aliphatic rings. The summed E-state index contributed by atoms with van der Waals surface area (Å²) in [5.74, 6) is 0.781. The van der Waals surface area contributed by atoms with Crippen LogP contribution in [-0.4, -0.2) is 15.7 Å². The Bertz CT molecular complexity index is 476. The van der Waals surface area contributed by atoms with Crippen molar-refractivity contribution in [2.75, 3.05) is 0 Å². The molecule has 3 nitrogen and oxygen atoms in total. The Hall–Kier alpha value is -1.35. The smallest absolute Gasteiger partial charge is 0.155 e. The highest BCUT2D eigenvalue weighted by Gasteiger charge is 2.05. The molecule has 2 aromatic rings. The number of imidazole rings is 1.